The Labute approximate surface area is 105 Å². The van der Waals surface area contributed by atoms with Crippen LogP contribution in [-0.4, -0.2) is 32.0 Å². The number of sulfone groups is 1. The average molecular weight is 259 g/mol. The van der Waals surface area contributed by atoms with E-state index in [1.165, 1.54) is 0 Å². The van der Waals surface area contributed by atoms with Gasteiger partial charge in [-0.15, -0.1) is 0 Å². The third-order valence-electron chi connectivity index (χ3n) is 4.49. The molecule has 4 heteroatoms. The van der Waals surface area contributed by atoms with Gasteiger partial charge in [0.2, 0.25) is 0 Å². The van der Waals surface area contributed by atoms with Crippen LogP contribution in [0.5, 0.6) is 0 Å². The Morgan fingerprint density at radius 2 is 1.88 bits per heavy atom. The van der Waals surface area contributed by atoms with Gasteiger partial charge >= 0.3 is 0 Å². The van der Waals surface area contributed by atoms with E-state index in [1.54, 1.807) is 0 Å². The summed E-state index contributed by atoms with van der Waals surface area (Å²) in [5, 5.41) is 3.30. The molecule has 1 heterocycles. The molecule has 3 nitrogen and oxygen atoms in total. The third kappa shape index (κ3) is 2.84. The van der Waals surface area contributed by atoms with Gasteiger partial charge in [-0.1, -0.05) is 20.8 Å². The van der Waals surface area contributed by atoms with E-state index in [1.807, 2.05) is 0 Å². The fourth-order valence-electron chi connectivity index (χ4n) is 3.26. The van der Waals surface area contributed by atoms with Crippen molar-refractivity contribution in [1.29, 1.82) is 0 Å². The minimum atomic E-state index is -2.88. The minimum Gasteiger partial charge on any atom is -0.313 e. The zero-order valence-corrected chi connectivity index (χ0v) is 12.0. The van der Waals surface area contributed by atoms with Gasteiger partial charge < -0.3 is 5.32 Å². The van der Waals surface area contributed by atoms with Crippen LogP contribution >= 0.6 is 0 Å². The van der Waals surface area contributed by atoms with E-state index in [9.17, 15) is 8.42 Å². The summed E-state index contributed by atoms with van der Waals surface area (Å²) in [5.74, 6) is 0.913. The molecule has 2 rings (SSSR count). The minimum absolute atomic E-state index is 0.136. The molecule has 2 aliphatic rings. The summed E-state index contributed by atoms with van der Waals surface area (Å²) >= 11 is 0. The number of hydrogen-bond donors (Lipinski definition) is 1. The average Bonchev–Trinajstić information content (AvgIpc) is 2.36. The van der Waals surface area contributed by atoms with Crippen molar-refractivity contribution in [3.8, 4) is 0 Å². The highest BCUT2D eigenvalue weighted by Gasteiger charge is 2.42. The fraction of sp³-hybridized carbons (Fsp3) is 1.00. The number of nitrogens with one attached hydrogen (secondary N) is 1. The largest absolute Gasteiger partial charge is 0.313 e. The molecule has 0 radical (unpaired) electrons. The van der Waals surface area contributed by atoms with Crippen LogP contribution in [-0.2, 0) is 9.84 Å². The van der Waals surface area contributed by atoms with Crippen molar-refractivity contribution in [2.75, 3.05) is 12.3 Å². The van der Waals surface area contributed by atoms with Crippen LogP contribution in [0.15, 0.2) is 0 Å². The fourth-order valence-corrected chi connectivity index (χ4v) is 5.37. The summed E-state index contributed by atoms with van der Waals surface area (Å²) in [6, 6.07) is 0.209. The Bertz CT molecular complexity index is 369. The van der Waals surface area contributed by atoms with E-state index in [4.69, 9.17) is 0 Å². The molecule has 1 saturated carbocycles. The van der Waals surface area contributed by atoms with Gasteiger partial charge in [0, 0.05) is 6.04 Å². The summed E-state index contributed by atoms with van der Waals surface area (Å²) in [7, 11) is -2.88. The molecule has 0 aromatic rings. The quantitative estimate of drug-likeness (QED) is 0.723. The second-order valence-corrected chi connectivity index (χ2v) is 9.04. The third-order valence-corrected chi connectivity index (χ3v) is 6.79. The molecule has 1 aliphatic carbocycles. The van der Waals surface area contributed by atoms with E-state index in [0.717, 1.165) is 32.2 Å². The van der Waals surface area contributed by atoms with E-state index in [-0.39, 0.29) is 16.7 Å². The highest BCUT2D eigenvalue weighted by atomic mass is 32.2. The van der Waals surface area contributed by atoms with Crippen molar-refractivity contribution >= 4 is 9.84 Å². The molecule has 0 bridgehead atoms. The Morgan fingerprint density at radius 1 is 1.18 bits per heavy atom. The zero-order valence-electron chi connectivity index (χ0n) is 11.2. The first-order chi connectivity index (χ1) is 7.81. The normalized spacial score (nSPS) is 38.2. The second-order valence-electron chi connectivity index (χ2n) is 6.70. The van der Waals surface area contributed by atoms with Gasteiger partial charge in [-0.05, 0) is 43.6 Å². The number of fused-ring (bicyclic) bond motifs is 1. The molecule has 3 unspecified atom stereocenters. The van der Waals surface area contributed by atoms with Crippen molar-refractivity contribution in [2.45, 2.75) is 57.7 Å². The lowest BCUT2D eigenvalue weighted by molar-refractivity contribution is 0.163. The summed E-state index contributed by atoms with van der Waals surface area (Å²) < 4.78 is 24.5. The maximum Gasteiger partial charge on any atom is 0.154 e. The molecule has 3 atom stereocenters. The molecule has 100 valence electrons. The monoisotopic (exact) mass is 259 g/mol. The highest BCUT2D eigenvalue weighted by Crippen LogP contribution is 2.40. The van der Waals surface area contributed by atoms with Gasteiger partial charge in [0.25, 0.3) is 0 Å². The van der Waals surface area contributed by atoms with Crippen molar-refractivity contribution in [3.05, 3.63) is 0 Å². The first-order valence-electron chi connectivity index (χ1n) is 6.75. The van der Waals surface area contributed by atoms with Crippen molar-refractivity contribution in [1.82, 2.24) is 5.32 Å². The van der Waals surface area contributed by atoms with Gasteiger partial charge in [-0.3, -0.25) is 0 Å². The molecule has 0 amide bonds. The lowest BCUT2D eigenvalue weighted by atomic mass is 9.71. The van der Waals surface area contributed by atoms with Crippen LogP contribution < -0.4 is 5.32 Å². The first kappa shape index (κ1) is 13.3. The van der Waals surface area contributed by atoms with Crippen LogP contribution in [0.4, 0.5) is 0 Å². The summed E-state index contributed by atoms with van der Waals surface area (Å²) in [4.78, 5) is 0. The predicted molar refractivity (Wildman–Crippen MR) is 70.8 cm³/mol. The van der Waals surface area contributed by atoms with Gasteiger partial charge in [-0.2, -0.15) is 0 Å². The van der Waals surface area contributed by atoms with Gasteiger partial charge in [-0.25, -0.2) is 8.42 Å². The maximum absolute atomic E-state index is 12.3. The van der Waals surface area contributed by atoms with Gasteiger partial charge in [0.05, 0.1) is 11.0 Å². The molecule has 1 saturated heterocycles. The topological polar surface area (TPSA) is 46.2 Å². The Hall–Kier alpha value is -0.0900. The second kappa shape index (κ2) is 4.54. The lowest BCUT2D eigenvalue weighted by Gasteiger charge is -2.40. The van der Waals surface area contributed by atoms with Crippen LogP contribution in [0.3, 0.4) is 0 Å². The molecular weight excluding hydrogens is 234 g/mol. The number of rotatable bonds is 0. The molecule has 1 aliphatic heterocycles. The van der Waals surface area contributed by atoms with Crippen molar-refractivity contribution < 1.29 is 8.42 Å². The van der Waals surface area contributed by atoms with E-state index in [0.29, 0.717) is 11.7 Å². The highest BCUT2D eigenvalue weighted by molar-refractivity contribution is 7.92. The summed E-state index contributed by atoms with van der Waals surface area (Å²) in [5.41, 5.74) is 0.229. The standard InChI is InChI=1S/C13H25NO2S/c1-13(2,3)10-5-6-11-12(9-10)17(15,16)8-4-7-14-11/h10-12,14H,4-9H2,1-3H3. The zero-order chi connectivity index (χ0) is 12.7. The lowest BCUT2D eigenvalue weighted by Crippen LogP contribution is -2.48. The molecule has 17 heavy (non-hydrogen) atoms. The van der Waals surface area contributed by atoms with Crippen LogP contribution in [0.25, 0.3) is 0 Å². The molecule has 0 spiro atoms. The van der Waals surface area contributed by atoms with E-state index in [2.05, 4.69) is 26.1 Å². The van der Waals surface area contributed by atoms with Gasteiger partial charge in [0.1, 0.15) is 0 Å². The smallest absolute Gasteiger partial charge is 0.154 e. The Morgan fingerprint density at radius 3 is 2.53 bits per heavy atom. The molecule has 0 aromatic heterocycles. The van der Waals surface area contributed by atoms with Crippen LogP contribution in [0.2, 0.25) is 0 Å². The van der Waals surface area contributed by atoms with Crippen molar-refractivity contribution in [2.24, 2.45) is 11.3 Å². The van der Waals surface area contributed by atoms with Crippen LogP contribution in [0, 0.1) is 11.3 Å². The predicted octanol–water partition coefficient (Wildman–Crippen LogP) is 1.98. The van der Waals surface area contributed by atoms with Crippen molar-refractivity contribution in [3.63, 3.8) is 0 Å². The Balaban J connectivity index is 2.20. The summed E-state index contributed by atoms with van der Waals surface area (Å²) in [6.07, 6.45) is 3.80. The van der Waals surface area contributed by atoms with Crippen LogP contribution in [0.1, 0.15) is 46.5 Å². The SMILES string of the molecule is CC(C)(C)C1CCC2NCCCS(=O)(=O)C2C1. The summed E-state index contributed by atoms with van der Waals surface area (Å²) in [6.45, 7) is 7.55. The molecule has 1 N–H and O–H groups in total. The first-order valence-corrected chi connectivity index (χ1v) is 8.47. The molecule has 2 fully saturated rings. The molecule has 0 aromatic carbocycles. The van der Waals surface area contributed by atoms with E-state index >= 15 is 0 Å². The maximum atomic E-state index is 12.3. The molecular formula is C13H25NO2S. The number of hydrogen-bond acceptors (Lipinski definition) is 3. The Kier molecular flexibility index (Phi) is 3.56. The van der Waals surface area contributed by atoms with E-state index < -0.39 is 9.84 Å². The van der Waals surface area contributed by atoms with Gasteiger partial charge in [0.15, 0.2) is 9.84 Å².